The van der Waals surface area contributed by atoms with Crippen LogP contribution >= 0.6 is 15.9 Å². The van der Waals surface area contributed by atoms with Gasteiger partial charge in [0.15, 0.2) is 11.5 Å². The molecule has 0 aromatic heterocycles. The summed E-state index contributed by atoms with van der Waals surface area (Å²) in [7, 11) is 4.33. The van der Waals surface area contributed by atoms with Gasteiger partial charge in [-0.25, -0.2) is 0 Å². The highest BCUT2D eigenvalue weighted by Gasteiger charge is 2.21. The SMILES string of the molecule is COC(=O)[C@@H](N)c1cc(OC)c(OC)cc1Br. The summed E-state index contributed by atoms with van der Waals surface area (Å²) >= 11 is 3.33. The van der Waals surface area contributed by atoms with Crippen LogP contribution in [0.5, 0.6) is 11.5 Å². The van der Waals surface area contributed by atoms with Crippen LogP contribution in [0.4, 0.5) is 0 Å². The fraction of sp³-hybridized carbons (Fsp3) is 0.364. The van der Waals surface area contributed by atoms with Gasteiger partial charge in [0.1, 0.15) is 6.04 Å². The second kappa shape index (κ2) is 5.88. The molecular weight excluding hydrogens is 290 g/mol. The van der Waals surface area contributed by atoms with Crippen LogP contribution in [0.15, 0.2) is 16.6 Å². The highest BCUT2D eigenvalue weighted by atomic mass is 79.9. The van der Waals surface area contributed by atoms with Crippen LogP contribution in [-0.4, -0.2) is 27.3 Å². The molecule has 0 aliphatic rings. The molecule has 0 amide bonds. The van der Waals surface area contributed by atoms with Gasteiger partial charge in [0, 0.05) is 4.47 Å². The minimum atomic E-state index is -0.866. The van der Waals surface area contributed by atoms with Crippen molar-refractivity contribution in [3.63, 3.8) is 0 Å². The Hall–Kier alpha value is -1.27. The number of carbonyl (C=O) groups is 1. The van der Waals surface area contributed by atoms with E-state index in [9.17, 15) is 4.79 Å². The van der Waals surface area contributed by atoms with E-state index in [1.807, 2.05) is 0 Å². The number of hydrogen-bond acceptors (Lipinski definition) is 5. The van der Waals surface area contributed by atoms with Crippen molar-refractivity contribution >= 4 is 21.9 Å². The monoisotopic (exact) mass is 303 g/mol. The van der Waals surface area contributed by atoms with E-state index >= 15 is 0 Å². The van der Waals surface area contributed by atoms with Crippen LogP contribution in [0.3, 0.4) is 0 Å². The van der Waals surface area contributed by atoms with Crippen LogP contribution in [-0.2, 0) is 9.53 Å². The lowest BCUT2D eigenvalue weighted by atomic mass is 10.1. The number of halogens is 1. The van der Waals surface area contributed by atoms with E-state index in [-0.39, 0.29) is 0 Å². The first kappa shape index (κ1) is 13.8. The molecule has 0 saturated carbocycles. The zero-order chi connectivity index (χ0) is 13.0. The molecule has 0 unspecified atom stereocenters. The molecular formula is C11H14BrNO4. The minimum absolute atomic E-state index is 0.505. The van der Waals surface area contributed by atoms with Crippen LogP contribution in [0.2, 0.25) is 0 Å². The number of rotatable bonds is 4. The van der Waals surface area contributed by atoms with E-state index in [4.69, 9.17) is 15.2 Å². The number of benzene rings is 1. The maximum atomic E-state index is 11.4. The fourth-order valence-electron chi connectivity index (χ4n) is 1.36. The van der Waals surface area contributed by atoms with Crippen LogP contribution in [0.1, 0.15) is 11.6 Å². The highest BCUT2D eigenvalue weighted by Crippen LogP contribution is 2.35. The Labute approximate surface area is 108 Å². The third-order valence-electron chi connectivity index (χ3n) is 2.29. The van der Waals surface area contributed by atoms with Gasteiger partial charge in [-0.15, -0.1) is 0 Å². The average molecular weight is 304 g/mol. The molecule has 1 aromatic carbocycles. The maximum Gasteiger partial charge on any atom is 0.327 e. The Morgan fingerprint density at radius 3 is 2.24 bits per heavy atom. The van der Waals surface area contributed by atoms with E-state index in [0.717, 1.165) is 0 Å². The first-order valence-corrected chi connectivity index (χ1v) is 5.59. The Kier molecular flexibility index (Phi) is 4.77. The molecule has 0 radical (unpaired) electrons. The lowest BCUT2D eigenvalue weighted by Crippen LogP contribution is -2.23. The van der Waals surface area contributed by atoms with E-state index in [2.05, 4.69) is 20.7 Å². The third-order valence-corrected chi connectivity index (χ3v) is 2.98. The van der Waals surface area contributed by atoms with Gasteiger partial charge in [-0.05, 0) is 17.7 Å². The second-order valence-corrected chi connectivity index (χ2v) is 4.08. The van der Waals surface area contributed by atoms with Crippen LogP contribution in [0.25, 0.3) is 0 Å². The maximum absolute atomic E-state index is 11.4. The minimum Gasteiger partial charge on any atom is -0.493 e. The van der Waals surface area contributed by atoms with Crippen molar-refractivity contribution in [3.05, 3.63) is 22.2 Å². The van der Waals surface area contributed by atoms with Gasteiger partial charge in [0.25, 0.3) is 0 Å². The zero-order valence-electron chi connectivity index (χ0n) is 9.82. The molecule has 94 valence electrons. The molecule has 17 heavy (non-hydrogen) atoms. The zero-order valence-corrected chi connectivity index (χ0v) is 11.4. The van der Waals surface area contributed by atoms with Gasteiger partial charge in [0.2, 0.25) is 0 Å². The largest absolute Gasteiger partial charge is 0.493 e. The van der Waals surface area contributed by atoms with E-state index in [1.165, 1.54) is 21.3 Å². The number of hydrogen-bond donors (Lipinski definition) is 1. The van der Waals surface area contributed by atoms with Gasteiger partial charge in [-0.1, -0.05) is 15.9 Å². The average Bonchev–Trinajstić information content (AvgIpc) is 2.36. The van der Waals surface area contributed by atoms with E-state index < -0.39 is 12.0 Å². The van der Waals surface area contributed by atoms with Crippen LogP contribution in [0, 0.1) is 0 Å². The molecule has 0 fully saturated rings. The second-order valence-electron chi connectivity index (χ2n) is 3.23. The standard InChI is InChI=1S/C11H14BrNO4/c1-15-8-4-6(10(13)11(14)17-3)7(12)5-9(8)16-2/h4-5,10H,13H2,1-3H3/t10-/m0/s1. The number of methoxy groups -OCH3 is 3. The van der Waals surface area contributed by atoms with Gasteiger partial charge >= 0.3 is 5.97 Å². The molecule has 0 saturated heterocycles. The summed E-state index contributed by atoms with van der Waals surface area (Å²) in [5, 5.41) is 0. The predicted molar refractivity (Wildman–Crippen MR) is 66.2 cm³/mol. The first-order valence-electron chi connectivity index (χ1n) is 4.80. The first-order chi connectivity index (χ1) is 8.04. The Balaban J connectivity index is 3.21. The molecule has 1 aromatic rings. The number of carbonyl (C=O) groups excluding carboxylic acids is 1. The summed E-state index contributed by atoms with van der Waals surface area (Å²) in [5.41, 5.74) is 6.34. The van der Waals surface area contributed by atoms with Crippen molar-refractivity contribution in [3.8, 4) is 11.5 Å². The summed E-state index contributed by atoms with van der Waals surface area (Å²) in [4.78, 5) is 11.4. The molecule has 0 bridgehead atoms. The summed E-state index contributed by atoms with van der Waals surface area (Å²) in [6.45, 7) is 0. The number of ether oxygens (including phenoxy) is 3. The Morgan fingerprint density at radius 2 is 1.76 bits per heavy atom. The molecule has 0 aliphatic heterocycles. The van der Waals surface area contributed by atoms with Gasteiger partial charge in [0.05, 0.1) is 21.3 Å². The fourth-order valence-corrected chi connectivity index (χ4v) is 1.93. The van der Waals surface area contributed by atoms with Crippen molar-refractivity contribution in [1.82, 2.24) is 0 Å². The van der Waals surface area contributed by atoms with Crippen molar-refractivity contribution in [2.45, 2.75) is 6.04 Å². The highest BCUT2D eigenvalue weighted by molar-refractivity contribution is 9.10. The van der Waals surface area contributed by atoms with Crippen molar-refractivity contribution < 1.29 is 19.0 Å². The lowest BCUT2D eigenvalue weighted by molar-refractivity contribution is -0.142. The predicted octanol–water partition coefficient (Wildman–Crippen LogP) is 1.64. The molecule has 1 atom stereocenters. The molecule has 5 nitrogen and oxygen atoms in total. The number of esters is 1. The van der Waals surface area contributed by atoms with E-state index in [0.29, 0.717) is 21.5 Å². The van der Waals surface area contributed by atoms with Crippen molar-refractivity contribution in [2.75, 3.05) is 21.3 Å². The molecule has 0 aliphatic carbocycles. The smallest absolute Gasteiger partial charge is 0.327 e. The molecule has 6 heteroatoms. The summed E-state index contributed by atoms with van der Waals surface area (Å²) in [6.07, 6.45) is 0. The van der Waals surface area contributed by atoms with Gasteiger partial charge in [-0.2, -0.15) is 0 Å². The third kappa shape index (κ3) is 2.89. The van der Waals surface area contributed by atoms with Crippen molar-refractivity contribution in [1.29, 1.82) is 0 Å². The molecule has 0 spiro atoms. The van der Waals surface area contributed by atoms with Crippen molar-refractivity contribution in [2.24, 2.45) is 5.73 Å². The Morgan fingerprint density at radius 1 is 1.24 bits per heavy atom. The summed E-state index contributed by atoms with van der Waals surface area (Å²) < 4.78 is 15.5. The molecule has 2 N–H and O–H groups in total. The van der Waals surface area contributed by atoms with Gasteiger partial charge < -0.3 is 19.9 Å². The quantitative estimate of drug-likeness (QED) is 0.856. The lowest BCUT2D eigenvalue weighted by Gasteiger charge is -2.15. The molecule has 0 heterocycles. The Bertz CT molecular complexity index is 422. The topological polar surface area (TPSA) is 70.8 Å². The summed E-state index contributed by atoms with van der Waals surface area (Å²) in [6, 6.07) is 2.47. The summed E-state index contributed by atoms with van der Waals surface area (Å²) in [5.74, 6) is 0.545. The number of nitrogens with two attached hydrogens (primary N) is 1. The molecule has 1 rings (SSSR count). The van der Waals surface area contributed by atoms with Crippen LogP contribution < -0.4 is 15.2 Å². The van der Waals surface area contributed by atoms with E-state index in [1.54, 1.807) is 12.1 Å². The normalized spacial score (nSPS) is 11.8. The van der Waals surface area contributed by atoms with Gasteiger partial charge in [-0.3, -0.25) is 4.79 Å².